The first kappa shape index (κ1) is 27.7. The molecule has 1 aliphatic rings. The molecule has 2 atom stereocenters. The van der Waals surface area contributed by atoms with E-state index in [1.165, 1.54) is 11.1 Å². The van der Waals surface area contributed by atoms with Crippen LogP contribution in [0.5, 0.6) is 0 Å². The van der Waals surface area contributed by atoms with E-state index in [1.54, 1.807) is 6.07 Å². The van der Waals surface area contributed by atoms with E-state index in [2.05, 4.69) is 50.4 Å². The Labute approximate surface area is 214 Å². The highest BCUT2D eigenvalue weighted by Gasteiger charge is 2.28. The van der Waals surface area contributed by atoms with Gasteiger partial charge in [0.05, 0.1) is 18.8 Å². The van der Waals surface area contributed by atoms with Crippen molar-refractivity contribution in [3.8, 4) is 0 Å². The predicted molar refractivity (Wildman–Crippen MR) is 141 cm³/mol. The van der Waals surface area contributed by atoms with Crippen LogP contribution in [0, 0.1) is 5.92 Å². The maximum absolute atomic E-state index is 11.1. The van der Waals surface area contributed by atoms with E-state index in [-0.39, 0.29) is 24.7 Å². The molecule has 3 N–H and O–H groups in total. The standard InChI is InChI=1S/C29H40ClNO4/c1-4-8-27(25-11-7-12-26(30)24(25)13-14-28(33)34)35-19-23(32)18-31-29(2,3)17-20-15-21-9-5-6-10-22(21)16-20/h5-7,9-12,20,23,27,31-32H,4,8,13-19H2,1-3H3,(H,33,34)/t23-,27-/m1/s1. The number of aliphatic hydroxyl groups excluding tert-OH is 1. The van der Waals surface area contributed by atoms with Gasteiger partial charge in [-0.15, -0.1) is 0 Å². The molecule has 5 nitrogen and oxygen atoms in total. The van der Waals surface area contributed by atoms with Gasteiger partial charge in [0.25, 0.3) is 0 Å². The van der Waals surface area contributed by atoms with Crippen molar-refractivity contribution in [2.75, 3.05) is 13.2 Å². The van der Waals surface area contributed by atoms with Crippen LogP contribution in [0.15, 0.2) is 42.5 Å². The van der Waals surface area contributed by atoms with Crippen LogP contribution in [0.1, 0.15) is 74.8 Å². The van der Waals surface area contributed by atoms with Crippen LogP contribution in [0.3, 0.4) is 0 Å². The van der Waals surface area contributed by atoms with Crippen LogP contribution in [0.2, 0.25) is 5.02 Å². The second-order valence-electron chi connectivity index (χ2n) is 10.5. The van der Waals surface area contributed by atoms with Gasteiger partial charge in [0.1, 0.15) is 0 Å². The van der Waals surface area contributed by atoms with E-state index in [0.717, 1.165) is 43.2 Å². The Balaban J connectivity index is 1.52. The monoisotopic (exact) mass is 501 g/mol. The molecule has 0 fully saturated rings. The van der Waals surface area contributed by atoms with Crippen LogP contribution in [0.25, 0.3) is 0 Å². The molecule has 0 spiro atoms. The zero-order chi connectivity index (χ0) is 25.4. The molecule has 3 rings (SSSR count). The number of hydrogen-bond donors (Lipinski definition) is 3. The molecule has 0 bridgehead atoms. The summed E-state index contributed by atoms with van der Waals surface area (Å²) in [7, 11) is 0. The summed E-state index contributed by atoms with van der Waals surface area (Å²) in [5, 5.41) is 23.9. The second kappa shape index (κ2) is 12.9. The van der Waals surface area contributed by atoms with Crippen molar-refractivity contribution >= 4 is 17.6 Å². The number of aliphatic carboxylic acids is 1. The first-order valence-corrected chi connectivity index (χ1v) is 13.2. The number of benzene rings is 2. The Morgan fingerprint density at radius 2 is 1.86 bits per heavy atom. The minimum Gasteiger partial charge on any atom is -0.481 e. The van der Waals surface area contributed by atoms with Crippen molar-refractivity contribution in [2.24, 2.45) is 5.92 Å². The molecule has 2 aromatic carbocycles. The SMILES string of the molecule is CCC[C@@H](OC[C@H](O)CNC(C)(C)CC1Cc2ccccc2C1)c1cccc(Cl)c1CCC(=O)O. The lowest BCUT2D eigenvalue weighted by atomic mass is 9.88. The third-order valence-corrected chi connectivity index (χ3v) is 7.24. The maximum Gasteiger partial charge on any atom is 0.303 e. The fraction of sp³-hybridized carbons (Fsp3) is 0.552. The van der Waals surface area contributed by atoms with Gasteiger partial charge in [-0.05, 0) is 80.2 Å². The minimum absolute atomic E-state index is 0.0171. The number of halogens is 1. The largest absolute Gasteiger partial charge is 0.481 e. The molecule has 0 heterocycles. The quantitative estimate of drug-likeness (QED) is 0.307. The summed E-state index contributed by atoms with van der Waals surface area (Å²) in [6.07, 6.45) is 4.46. The van der Waals surface area contributed by atoms with Crippen molar-refractivity contribution in [3.05, 3.63) is 69.7 Å². The molecule has 0 saturated heterocycles. The van der Waals surface area contributed by atoms with E-state index in [0.29, 0.717) is 23.9 Å². The smallest absolute Gasteiger partial charge is 0.303 e. The number of ether oxygens (including phenoxy) is 1. The Morgan fingerprint density at radius 1 is 1.17 bits per heavy atom. The lowest BCUT2D eigenvalue weighted by molar-refractivity contribution is -0.136. The summed E-state index contributed by atoms with van der Waals surface area (Å²) in [4.78, 5) is 11.1. The van der Waals surface area contributed by atoms with Crippen LogP contribution >= 0.6 is 11.6 Å². The molecule has 35 heavy (non-hydrogen) atoms. The summed E-state index contributed by atoms with van der Waals surface area (Å²) in [5.41, 5.74) is 4.58. The summed E-state index contributed by atoms with van der Waals surface area (Å²) in [5.74, 6) is -0.237. The van der Waals surface area contributed by atoms with Gasteiger partial charge < -0.3 is 20.3 Å². The molecule has 0 aromatic heterocycles. The van der Waals surface area contributed by atoms with Crippen molar-refractivity contribution in [1.82, 2.24) is 5.32 Å². The Kier molecular flexibility index (Phi) is 10.2. The highest BCUT2D eigenvalue weighted by molar-refractivity contribution is 6.31. The van der Waals surface area contributed by atoms with E-state index in [1.807, 2.05) is 12.1 Å². The fourth-order valence-electron chi connectivity index (χ4n) is 5.23. The lowest BCUT2D eigenvalue weighted by Gasteiger charge is -2.31. The molecule has 0 aliphatic heterocycles. The molecule has 0 saturated carbocycles. The molecule has 1 aliphatic carbocycles. The third kappa shape index (κ3) is 8.32. The van der Waals surface area contributed by atoms with E-state index < -0.39 is 12.1 Å². The topological polar surface area (TPSA) is 78.8 Å². The number of carboxylic acids is 1. The number of carbonyl (C=O) groups is 1. The summed E-state index contributed by atoms with van der Waals surface area (Å²) >= 11 is 6.41. The molecule has 0 radical (unpaired) electrons. The zero-order valence-electron chi connectivity index (χ0n) is 21.2. The average molecular weight is 502 g/mol. The molecule has 0 unspecified atom stereocenters. The number of rotatable bonds is 14. The van der Waals surface area contributed by atoms with Crippen molar-refractivity contribution in [1.29, 1.82) is 0 Å². The second-order valence-corrected chi connectivity index (χ2v) is 10.9. The van der Waals surface area contributed by atoms with Crippen LogP contribution in [-0.2, 0) is 28.8 Å². The number of nitrogens with one attached hydrogen (secondary N) is 1. The van der Waals surface area contributed by atoms with Gasteiger partial charge in [-0.25, -0.2) is 0 Å². The van der Waals surface area contributed by atoms with Gasteiger partial charge >= 0.3 is 5.97 Å². The Bertz CT molecular complexity index is 952. The van der Waals surface area contributed by atoms with Gasteiger partial charge in [0.15, 0.2) is 0 Å². The Hall–Kier alpha value is -1.92. The summed E-state index contributed by atoms with van der Waals surface area (Å²) < 4.78 is 6.18. The number of hydrogen-bond acceptors (Lipinski definition) is 4. The first-order chi connectivity index (χ1) is 16.7. The predicted octanol–water partition coefficient (Wildman–Crippen LogP) is 5.75. The highest BCUT2D eigenvalue weighted by Crippen LogP contribution is 2.33. The molecular weight excluding hydrogens is 462 g/mol. The van der Waals surface area contributed by atoms with Crippen molar-refractivity contribution in [2.45, 2.75) is 83.5 Å². The summed E-state index contributed by atoms with van der Waals surface area (Å²) in [6, 6.07) is 14.3. The number of fused-ring (bicyclic) bond motifs is 1. The van der Waals surface area contributed by atoms with Gasteiger partial charge in [-0.1, -0.05) is 61.3 Å². The molecule has 192 valence electrons. The van der Waals surface area contributed by atoms with Gasteiger partial charge in [-0.3, -0.25) is 4.79 Å². The third-order valence-electron chi connectivity index (χ3n) is 6.88. The molecule has 2 aromatic rings. The van der Waals surface area contributed by atoms with E-state index in [4.69, 9.17) is 21.4 Å². The maximum atomic E-state index is 11.1. The normalized spacial score (nSPS) is 15.7. The molecular formula is C29H40ClNO4. The highest BCUT2D eigenvalue weighted by atomic mass is 35.5. The van der Waals surface area contributed by atoms with Crippen molar-refractivity contribution < 1.29 is 19.7 Å². The average Bonchev–Trinajstić information content (AvgIpc) is 3.21. The number of β-amino-alcohol motifs (C(OH)–C–C–N with tert-alkyl or cyclic N) is 1. The molecule has 0 amide bonds. The van der Waals surface area contributed by atoms with Gasteiger partial charge in [0.2, 0.25) is 0 Å². The van der Waals surface area contributed by atoms with Gasteiger partial charge in [-0.2, -0.15) is 0 Å². The van der Waals surface area contributed by atoms with Gasteiger partial charge in [0, 0.05) is 23.5 Å². The summed E-state index contributed by atoms with van der Waals surface area (Å²) in [6.45, 7) is 7.13. The number of aliphatic hydroxyl groups is 1. The molecule has 6 heteroatoms. The number of carboxylic acid groups (broad SMARTS) is 1. The van der Waals surface area contributed by atoms with Crippen LogP contribution < -0.4 is 5.32 Å². The van der Waals surface area contributed by atoms with Crippen molar-refractivity contribution in [3.63, 3.8) is 0 Å². The van der Waals surface area contributed by atoms with Crippen LogP contribution in [-0.4, -0.2) is 41.0 Å². The van der Waals surface area contributed by atoms with E-state index in [9.17, 15) is 9.90 Å². The van der Waals surface area contributed by atoms with Crippen LogP contribution in [0.4, 0.5) is 0 Å². The zero-order valence-corrected chi connectivity index (χ0v) is 22.0. The van der Waals surface area contributed by atoms with E-state index >= 15 is 0 Å². The Morgan fingerprint density at radius 3 is 2.49 bits per heavy atom. The minimum atomic E-state index is -0.852. The fourth-order valence-corrected chi connectivity index (χ4v) is 5.51. The first-order valence-electron chi connectivity index (χ1n) is 12.8. The lowest BCUT2D eigenvalue weighted by Crippen LogP contribution is -2.45.